The Hall–Kier alpha value is -2.40. The smallest absolute Gasteiger partial charge is 0.222 e. The van der Waals surface area contributed by atoms with Gasteiger partial charge in [-0.2, -0.15) is 10.1 Å². The number of rotatable bonds is 4. The number of aromatic nitrogens is 3. The van der Waals surface area contributed by atoms with Gasteiger partial charge in [0.05, 0.1) is 6.20 Å². The molecule has 0 amide bonds. The maximum Gasteiger partial charge on any atom is 0.222 e. The van der Waals surface area contributed by atoms with Crippen molar-refractivity contribution in [2.24, 2.45) is 5.73 Å². The van der Waals surface area contributed by atoms with Crippen LogP contribution in [0.1, 0.15) is 5.56 Å². The highest BCUT2D eigenvalue weighted by Gasteiger charge is 2.01. The number of nitrogens with zero attached hydrogens (tertiary/aromatic N) is 3. The van der Waals surface area contributed by atoms with Gasteiger partial charge in [-0.1, -0.05) is 12.1 Å². The Kier molecular flexibility index (Phi) is 3.12. The fourth-order valence-electron chi connectivity index (χ4n) is 1.86. The van der Waals surface area contributed by atoms with E-state index in [0.717, 1.165) is 17.8 Å². The summed E-state index contributed by atoms with van der Waals surface area (Å²) in [6, 6.07) is 11.5. The second-order valence-electron chi connectivity index (χ2n) is 4.18. The summed E-state index contributed by atoms with van der Waals surface area (Å²) in [5, 5.41) is 4.09. The van der Waals surface area contributed by atoms with Crippen molar-refractivity contribution in [3.63, 3.8) is 0 Å². The Morgan fingerprint density at radius 1 is 1.11 bits per heavy atom. The molecule has 0 atom stereocenters. The summed E-state index contributed by atoms with van der Waals surface area (Å²) in [6.07, 6.45) is 4.40. The molecular formula is C14H14N4O. The van der Waals surface area contributed by atoms with Crippen molar-refractivity contribution in [2.45, 2.75) is 6.42 Å². The zero-order chi connectivity index (χ0) is 13.1. The van der Waals surface area contributed by atoms with Gasteiger partial charge >= 0.3 is 0 Å². The third-order valence-corrected chi connectivity index (χ3v) is 2.81. The van der Waals surface area contributed by atoms with Crippen LogP contribution in [-0.2, 0) is 6.42 Å². The number of nitrogens with two attached hydrogens (primary N) is 1. The molecule has 0 aliphatic heterocycles. The molecule has 0 saturated carbocycles. The summed E-state index contributed by atoms with van der Waals surface area (Å²) in [5.41, 5.74) is 7.48. The van der Waals surface area contributed by atoms with Crippen LogP contribution >= 0.6 is 0 Å². The third kappa shape index (κ3) is 2.56. The van der Waals surface area contributed by atoms with Crippen LogP contribution in [0.2, 0.25) is 0 Å². The molecule has 0 spiro atoms. The topological polar surface area (TPSA) is 65.4 Å². The van der Waals surface area contributed by atoms with E-state index in [0.29, 0.717) is 12.4 Å². The fourth-order valence-corrected chi connectivity index (χ4v) is 1.86. The van der Waals surface area contributed by atoms with Crippen LogP contribution in [0.3, 0.4) is 0 Å². The van der Waals surface area contributed by atoms with Gasteiger partial charge in [0.25, 0.3) is 0 Å². The minimum atomic E-state index is 0.555. The minimum Gasteiger partial charge on any atom is -0.439 e. The van der Waals surface area contributed by atoms with E-state index in [1.807, 2.05) is 36.5 Å². The molecule has 0 saturated heterocycles. The second-order valence-corrected chi connectivity index (χ2v) is 4.18. The monoisotopic (exact) mass is 254 g/mol. The Bertz CT molecular complexity index is 675. The summed E-state index contributed by atoms with van der Waals surface area (Å²) in [6.45, 7) is 0.652. The minimum absolute atomic E-state index is 0.555. The Morgan fingerprint density at radius 2 is 1.95 bits per heavy atom. The lowest BCUT2D eigenvalue weighted by Gasteiger charge is -2.06. The average molecular weight is 254 g/mol. The normalized spacial score (nSPS) is 10.8. The number of ether oxygens (including phenoxy) is 1. The first-order valence-electron chi connectivity index (χ1n) is 6.12. The summed E-state index contributed by atoms with van der Waals surface area (Å²) in [4.78, 5) is 4.35. The van der Waals surface area contributed by atoms with E-state index in [-0.39, 0.29) is 0 Å². The van der Waals surface area contributed by atoms with Crippen molar-refractivity contribution in [2.75, 3.05) is 6.54 Å². The van der Waals surface area contributed by atoms with Gasteiger partial charge in [0.1, 0.15) is 5.75 Å². The number of benzene rings is 1. The Balaban J connectivity index is 1.79. The Labute approximate surface area is 110 Å². The molecule has 1 aromatic carbocycles. The molecule has 96 valence electrons. The van der Waals surface area contributed by atoms with Gasteiger partial charge in [-0.25, -0.2) is 4.52 Å². The molecule has 5 heteroatoms. The highest BCUT2D eigenvalue weighted by atomic mass is 16.5. The lowest BCUT2D eigenvalue weighted by atomic mass is 10.1. The predicted molar refractivity (Wildman–Crippen MR) is 72.3 cm³/mol. The summed E-state index contributed by atoms with van der Waals surface area (Å²) >= 11 is 0. The standard InChI is InChI=1S/C14H14N4O/c15-8-5-11-1-3-12(4-2-11)19-14-7-10-18-13(17-14)6-9-16-18/h1-4,6-7,9-10H,5,8,15H2. The van der Waals surface area contributed by atoms with E-state index in [1.165, 1.54) is 5.56 Å². The van der Waals surface area contributed by atoms with Crippen LogP contribution in [0.15, 0.2) is 48.8 Å². The zero-order valence-electron chi connectivity index (χ0n) is 10.4. The van der Waals surface area contributed by atoms with Gasteiger partial charge in [0, 0.05) is 18.3 Å². The molecule has 2 aromatic heterocycles. The lowest BCUT2D eigenvalue weighted by molar-refractivity contribution is 0.462. The second kappa shape index (κ2) is 5.07. The molecule has 2 heterocycles. The van der Waals surface area contributed by atoms with E-state index >= 15 is 0 Å². The SMILES string of the molecule is NCCc1ccc(Oc2ccn3nccc3n2)cc1. The maximum absolute atomic E-state index is 5.71. The zero-order valence-corrected chi connectivity index (χ0v) is 10.4. The van der Waals surface area contributed by atoms with Crippen molar-refractivity contribution in [1.82, 2.24) is 14.6 Å². The Morgan fingerprint density at radius 3 is 2.74 bits per heavy atom. The molecular weight excluding hydrogens is 240 g/mol. The van der Waals surface area contributed by atoms with Crippen molar-refractivity contribution in [3.05, 3.63) is 54.4 Å². The molecule has 3 aromatic rings. The van der Waals surface area contributed by atoms with E-state index in [9.17, 15) is 0 Å². The van der Waals surface area contributed by atoms with Crippen molar-refractivity contribution < 1.29 is 4.74 Å². The van der Waals surface area contributed by atoms with Crippen molar-refractivity contribution in [1.29, 1.82) is 0 Å². The molecule has 19 heavy (non-hydrogen) atoms. The summed E-state index contributed by atoms with van der Waals surface area (Å²) < 4.78 is 7.40. The van der Waals surface area contributed by atoms with Gasteiger partial charge in [0.2, 0.25) is 5.88 Å². The van der Waals surface area contributed by atoms with Gasteiger partial charge in [-0.3, -0.25) is 0 Å². The van der Waals surface area contributed by atoms with E-state index in [1.54, 1.807) is 16.8 Å². The molecule has 0 fully saturated rings. The van der Waals surface area contributed by atoms with Crippen LogP contribution in [-0.4, -0.2) is 21.1 Å². The highest BCUT2D eigenvalue weighted by molar-refractivity contribution is 5.39. The van der Waals surface area contributed by atoms with Crippen LogP contribution in [0.25, 0.3) is 5.65 Å². The molecule has 0 radical (unpaired) electrons. The number of hydrogen-bond acceptors (Lipinski definition) is 4. The highest BCUT2D eigenvalue weighted by Crippen LogP contribution is 2.20. The average Bonchev–Trinajstić information content (AvgIpc) is 2.89. The molecule has 3 rings (SSSR count). The van der Waals surface area contributed by atoms with Gasteiger partial charge < -0.3 is 10.5 Å². The van der Waals surface area contributed by atoms with Crippen molar-refractivity contribution in [3.8, 4) is 11.6 Å². The molecule has 0 aliphatic carbocycles. The quantitative estimate of drug-likeness (QED) is 0.773. The van der Waals surface area contributed by atoms with Gasteiger partial charge in [-0.05, 0) is 30.7 Å². The first-order valence-corrected chi connectivity index (χ1v) is 6.12. The van der Waals surface area contributed by atoms with Crippen LogP contribution in [0, 0.1) is 0 Å². The first kappa shape index (κ1) is 11.7. The van der Waals surface area contributed by atoms with Crippen LogP contribution < -0.4 is 10.5 Å². The summed E-state index contributed by atoms with van der Waals surface area (Å²) in [5.74, 6) is 1.32. The molecule has 2 N–H and O–H groups in total. The molecule has 5 nitrogen and oxygen atoms in total. The molecule has 0 unspecified atom stereocenters. The van der Waals surface area contributed by atoms with E-state index in [2.05, 4.69) is 10.1 Å². The first-order chi connectivity index (χ1) is 9.35. The van der Waals surface area contributed by atoms with Crippen LogP contribution in [0.4, 0.5) is 0 Å². The maximum atomic E-state index is 5.71. The van der Waals surface area contributed by atoms with Crippen molar-refractivity contribution >= 4 is 5.65 Å². The fraction of sp³-hybridized carbons (Fsp3) is 0.143. The molecule has 0 aliphatic rings. The number of fused-ring (bicyclic) bond motifs is 1. The summed E-state index contributed by atoms with van der Waals surface area (Å²) in [7, 11) is 0. The van der Waals surface area contributed by atoms with E-state index < -0.39 is 0 Å². The number of hydrogen-bond donors (Lipinski definition) is 1. The van der Waals surface area contributed by atoms with Crippen LogP contribution in [0.5, 0.6) is 11.6 Å². The van der Waals surface area contributed by atoms with Gasteiger partial charge in [0.15, 0.2) is 5.65 Å². The lowest BCUT2D eigenvalue weighted by Crippen LogP contribution is -2.02. The van der Waals surface area contributed by atoms with Gasteiger partial charge in [-0.15, -0.1) is 0 Å². The predicted octanol–water partition coefficient (Wildman–Crippen LogP) is 2.02. The van der Waals surface area contributed by atoms with E-state index in [4.69, 9.17) is 10.5 Å². The largest absolute Gasteiger partial charge is 0.439 e. The third-order valence-electron chi connectivity index (χ3n) is 2.81. The molecule has 0 bridgehead atoms.